The Morgan fingerprint density at radius 1 is 1.04 bits per heavy atom. The van der Waals surface area contributed by atoms with E-state index < -0.39 is 0 Å². The largest absolute Gasteiger partial charge is 0.357 e. The van der Waals surface area contributed by atoms with Crippen molar-refractivity contribution in [1.29, 1.82) is 0 Å². The van der Waals surface area contributed by atoms with Gasteiger partial charge in [-0.25, -0.2) is 0 Å². The normalized spacial score (nSPS) is 17.4. The zero-order valence-corrected chi connectivity index (χ0v) is 14.4. The number of benzene rings is 2. The number of nitrogens with one attached hydrogen (secondary N) is 2. The molecule has 2 aromatic carbocycles. The van der Waals surface area contributed by atoms with Gasteiger partial charge in [-0.05, 0) is 29.7 Å². The maximum atomic E-state index is 6.46. The molecule has 1 atom stereocenters. The van der Waals surface area contributed by atoms with Crippen molar-refractivity contribution in [3.8, 4) is 11.1 Å². The van der Waals surface area contributed by atoms with Gasteiger partial charge in [-0.2, -0.15) is 0 Å². The molecule has 1 aliphatic rings. The maximum Gasteiger partial charge on any atom is 0.0655 e. The molecule has 0 radical (unpaired) electrons. The third-order valence-corrected chi connectivity index (χ3v) is 5.42. The van der Waals surface area contributed by atoms with Gasteiger partial charge in [0.1, 0.15) is 0 Å². The molecule has 1 aliphatic heterocycles. The Hall–Kier alpha value is -1.48. The lowest BCUT2D eigenvalue weighted by Gasteiger charge is -2.23. The van der Waals surface area contributed by atoms with E-state index in [-0.39, 0.29) is 0 Å². The van der Waals surface area contributed by atoms with E-state index in [9.17, 15) is 0 Å². The molecular weight excluding hydrogens is 327 g/mol. The van der Waals surface area contributed by atoms with Gasteiger partial charge < -0.3 is 10.3 Å². The summed E-state index contributed by atoms with van der Waals surface area (Å²) in [5.41, 5.74) is 5.83. The Morgan fingerprint density at radius 3 is 2.65 bits per heavy atom. The van der Waals surface area contributed by atoms with E-state index in [1.54, 1.807) is 0 Å². The number of halogens is 2. The highest BCUT2D eigenvalue weighted by atomic mass is 35.5. The van der Waals surface area contributed by atoms with Gasteiger partial charge in [0, 0.05) is 40.7 Å². The Balaban J connectivity index is 1.99. The highest BCUT2D eigenvalue weighted by Gasteiger charge is 2.24. The minimum atomic E-state index is 0.526. The fourth-order valence-electron chi connectivity index (χ4n) is 3.52. The van der Waals surface area contributed by atoms with E-state index in [1.165, 1.54) is 16.6 Å². The summed E-state index contributed by atoms with van der Waals surface area (Å²) in [4.78, 5) is 3.56. The highest BCUT2D eigenvalue weighted by Crippen LogP contribution is 2.40. The molecule has 0 spiro atoms. The van der Waals surface area contributed by atoms with Crippen LogP contribution in [0.5, 0.6) is 0 Å². The van der Waals surface area contributed by atoms with Crippen LogP contribution in [0.15, 0.2) is 36.4 Å². The average Bonchev–Trinajstić information content (AvgIpc) is 2.96. The van der Waals surface area contributed by atoms with Gasteiger partial charge in [-0.15, -0.1) is 0 Å². The first-order chi connectivity index (χ1) is 11.2. The van der Waals surface area contributed by atoms with Crippen LogP contribution < -0.4 is 5.32 Å². The molecule has 0 aliphatic carbocycles. The number of H-pyrrole nitrogens is 1. The molecule has 1 aromatic heterocycles. The van der Waals surface area contributed by atoms with Crippen LogP contribution in [-0.2, 0) is 13.0 Å². The Morgan fingerprint density at radius 2 is 1.87 bits per heavy atom. The van der Waals surface area contributed by atoms with Crippen LogP contribution in [-0.4, -0.2) is 11.0 Å². The van der Waals surface area contributed by atoms with E-state index >= 15 is 0 Å². The molecular formula is C19H18Cl2N2. The predicted octanol–water partition coefficient (Wildman–Crippen LogP) is 5.57. The van der Waals surface area contributed by atoms with E-state index in [2.05, 4.69) is 29.4 Å². The fourth-order valence-corrected chi connectivity index (χ4v) is 3.96. The molecule has 0 bridgehead atoms. The second-order valence-corrected chi connectivity index (χ2v) is 6.91. The lowest BCUT2D eigenvalue weighted by molar-refractivity contribution is 0.465. The van der Waals surface area contributed by atoms with Crippen LogP contribution in [0.25, 0.3) is 22.0 Å². The number of rotatable bonds is 2. The quantitative estimate of drug-likeness (QED) is 0.625. The molecule has 0 saturated carbocycles. The van der Waals surface area contributed by atoms with Gasteiger partial charge in [0.05, 0.1) is 10.5 Å². The number of fused-ring (bicyclic) bond motifs is 3. The van der Waals surface area contributed by atoms with Gasteiger partial charge in [0.25, 0.3) is 0 Å². The van der Waals surface area contributed by atoms with Crippen LogP contribution in [0.1, 0.15) is 24.6 Å². The molecule has 2 N–H and O–H groups in total. The lowest BCUT2D eigenvalue weighted by atomic mass is 9.94. The van der Waals surface area contributed by atoms with Crippen LogP contribution >= 0.6 is 23.2 Å². The molecule has 23 heavy (non-hydrogen) atoms. The molecule has 1 unspecified atom stereocenters. The Bertz CT molecular complexity index is 882. The summed E-state index contributed by atoms with van der Waals surface area (Å²) in [6, 6.07) is 12.5. The van der Waals surface area contributed by atoms with Gasteiger partial charge in [0.15, 0.2) is 0 Å². The third-order valence-electron chi connectivity index (χ3n) is 4.77. The number of hydrogen-bond acceptors (Lipinski definition) is 1. The van der Waals surface area contributed by atoms with Crippen molar-refractivity contribution in [2.45, 2.75) is 32.4 Å². The molecule has 4 heteroatoms. The first-order valence-electron chi connectivity index (χ1n) is 7.99. The molecule has 0 saturated heterocycles. The third kappa shape index (κ3) is 2.46. The molecule has 4 rings (SSSR count). The predicted molar refractivity (Wildman–Crippen MR) is 98.4 cm³/mol. The van der Waals surface area contributed by atoms with Crippen molar-refractivity contribution >= 4 is 34.1 Å². The second-order valence-electron chi connectivity index (χ2n) is 6.10. The van der Waals surface area contributed by atoms with Crippen LogP contribution in [0.2, 0.25) is 10.0 Å². The Kier molecular flexibility index (Phi) is 3.84. The zero-order chi connectivity index (χ0) is 16.0. The first-order valence-corrected chi connectivity index (χ1v) is 8.74. The average molecular weight is 345 g/mol. The van der Waals surface area contributed by atoms with Crippen LogP contribution in [0.3, 0.4) is 0 Å². The van der Waals surface area contributed by atoms with Crippen molar-refractivity contribution < 1.29 is 0 Å². The van der Waals surface area contributed by atoms with Crippen molar-refractivity contribution in [3.05, 3.63) is 57.7 Å². The summed E-state index contributed by atoms with van der Waals surface area (Å²) >= 11 is 12.9. The van der Waals surface area contributed by atoms with E-state index in [0.29, 0.717) is 6.04 Å². The van der Waals surface area contributed by atoms with Crippen molar-refractivity contribution in [3.63, 3.8) is 0 Å². The summed E-state index contributed by atoms with van der Waals surface area (Å²) in [7, 11) is 0. The Labute approximate surface area is 145 Å². The minimum Gasteiger partial charge on any atom is -0.357 e. The summed E-state index contributed by atoms with van der Waals surface area (Å²) in [5, 5.41) is 6.34. The standard InChI is InChI=1S/C19H18Cl2N2/c1-2-11-9-17-14(10-22-11)18-13(7-8-16(21)19(18)23-17)12-5-3-4-6-15(12)20/h3-8,11,22-23H,2,9-10H2,1H3. The van der Waals surface area contributed by atoms with Crippen LogP contribution in [0.4, 0.5) is 0 Å². The van der Waals surface area contributed by atoms with Crippen LogP contribution in [0, 0.1) is 0 Å². The molecule has 118 valence electrons. The fraction of sp³-hybridized carbons (Fsp3) is 0.263. The molecule has 3 aromatic rings. The topological polar surface area (TPSA) is 27.8 Å². The monoisotopic (exact) mass is 344 g/mol. The van der Waals surface area contributed by atoms with E-state index in [4.69, 9.17) is 23.2 Å². The molecule has 0 fully saturated rings. The van der Waals surface area contributed by atoms with Gasteiger partial charge in [-0.1, -0.05) is 54.4 Å². The zero-order valence-electron chi connectivity index (χ0n) is 12.9. The van der Waals surface area contributed by atoms with Gasteiger partial charge in [0.2, 0.25) is 0 Å². The number of aromatic nitrogens is 1. The van der Waals surface area contributed by atoms with Crippen molar-refractivity contribution in [1.82, 2.24) is 10.3 Å². The molecule has 2 heterocycles. The second kappa shape index (κ2) is 5.86. The number of hydrogen-bond donors (Lipinski definition) is 2. The SMILES string of the molecule is CCC1Cc2[nH]c3c(Cl)ccc(-c4ccccc4Cl)c3c2CN1. The van der Waals surface area contributed by atoms with Gasteiger partial charge in [-0.3, -0.25) is 0 Å². The van der Waals surface area contributed by atoms with Crippen molar-refractivity contribution in [2.75, 3.05) is 0 Å². The lowest BCUT2D eigenvalue weighted by Crippen LogP contribution is -2.34. The molecule has 0 amide bonds. The molecule has 2 nitrogen and oxygen atoms in total. The highest BCUT2D eigenvalue weighted by molar-refractivity contribution is 6.36. The maximum absolute atomic E-state index is 6.46. The van der Waals surface area contributed by atoms with E-state index in [0.717, 1.165) is 46.1 Å². The summed E-state index contributed by atoms with van der Waals surface area (Å²) < 4.78 is 0. The first kappa shape index (κ1) is 15.1. The van der Waals surface area contributed by atoms with Crippen molar-refractivity contribution in [2.24, 2.45) is 0 Å². The van der Waals surface area contributed by atoms with Gasteiger partial charge >= 0.3 is 0 Å². The van der Waals surface area contributed by atoms with E-state index in [1.807, 2.05) is 24.3 Å². The smallest absolute Gasteiger partial charge is 0.0655 e. The summed E-state index contributed by atoms with van der Waals surface area (Å²) in [5.74, 6) is 0. The number of aromatic amines is 1. The summed E-state index contributed by atoms with van der Waals surface area (Å²) in [6.45, 7) is 3.08. The summed E-state index contributed by atoms with van der Waals surface area (Å²) in [6.07, 6.45) is 2.14. The minimum absolute atomic E-state index is 0.526.